The molecule has 2 aliphatic rings. The second-order valence-corrected chi connectivity index (χ2v) is 6.91. The van der Waals surface area contributed by atoms with Crippen LogP contribution in [0.1, 0.15) is 46.4 Å². The van der Waals surface area contributed by atoms with Gasteiger partial charge in [0.05, 0.1) is 31.3 Å². The summed E-state index contributed by atoms with van der Waals surface area (Å²) in [5.74, 6) is -2.82. The third-order valence-corrected chi connectivity index (χ3v) is 5.15. The number of hydrogen-bond acceptors (Lipinski definition) is 8. The molecular formula is C19H20N2O8. The number of benzene rings is 1. The van der Waals surface area contributed by atoms with Gasteiger partial charge in [-0.25, -0.2) is 14.4 Å². The van der Waals surface area contributed by atoms with E-state index in [0.717, 1.165) is 0 Å². The highest BCUT2D eigenvalue weighted by Crippen LogP contribution is 2.35. The second kappa shape index (κ2) is 7.90. The lowest BCUT2D eigenvalue weighted by Crippen LogP contribution is -2.50. The minimum absolute atomic E-state index is 0.00509. The number of esters is 3. The Labute approximate surface area is 165 Å². The molecule has 29 heavy (non-hydrogen) atoms. The molecule has 3 amide bonds. The molecule has 0 atom stereocenters. The fourth-order valence-corrected chi connectivity index (χ4v) is 3.56. The lowest BCUT2D eigenvalue weighted by Gasteiger charge is -2.33. The van der Waals surface area contributed by atoms with Gasteiger partial charge in [-0.2, -0.15) is 0 Å². The first-order chi connectivity index (χ1) is 13.8. The lowest BCUT2D eigenvalue weighted by molar-refractivity contribution is -0.141. The van der Waals surface area contributed by atoms with E-state index in [4.69, 9.17) is 4.74 Å². The van der Waals surface area contributed by atoms with Gasteiger partial charge in [0.1, 0.15) is 11.3 Å². The van der Waals surface area contributed by atoms with Crippen molar-refractivity contribution in [1.29, 1.82) is 0 Å². The van der Waals surface area contributed by atoms with E-state index in [1.54, 1.807) is 0 Å². The maximum absolute atomic E-state index is 12.6. The number of methoxy groups -OCH3 is 2. The van der Waals surface area contributed by atoms with E-state index in [1.807, 2.05) is 0 Å². The van der Waals surface area contributed by atoms with Gasteiger partial charge in [0, 0.05) is 0 Å². The Bertz CT molecular complexity index is 852. The van der Waals surface area contributed by atoms with Crippen molar-refractivity contribution in [2.75, 3.05) is 14.2 Å². The molecular weight excluding hydrogens is 384 g/mol. The van der Waals surface area contributed by atoms with Crippen LogP contribution >= 0.6 is 0 Å². The predicted octanol–water partition coefficient (Wildman–Crippen LogP) is 0.934. The number of amides is 3. The number of ether oxygens (including phenoxy) is 3. The molecule has 3 rings (SSSR count). The molecule has 154 valence electrons. The normalized spacial score (nSPS) is 23.2. The standard InChI is InChI=1S/C19H20N2O8/c1-27-14(22)11-7-12(15(23)28-2)9-13(8-11)29-16(24)10-3-5-19(6-4-10)17(25)20-18(26)21-19/h7-10H,3-6H2,1-2H3,(H2,20,21,25,26). The number of hydrogen-bond donors (Lipinski definition) is 2. The largest absolute Gasteiger partial charge is 0.465 e. The molecule has 1 aliphatic heterocycles. The highest BCUT2D eigenvalue weighted by Gasteiger charge is 2.49. The molecule has 1 heterocycles. The van der Waals surface area contributed by atoms with E-state index in [2.05, 4.69) is 20.1 Å². The van der Waals surface area contributed by atoms with E-state index >= 15 is 0 Å². The molecule has 10 nitrogen and oxygen atoms in total. The van der Waals surface area contributed by atoms with Crippen molar-refractivity contribution in [3.63, 3.8) is 0 Å². The molecule has 0 aromatic heterocycles. The Balaban J connectivity index is 1.72. The van der Waals surface area contributed by atoms with Crippen molar-refractivity contribution < 1.29 is 38.2 Å². The van der Waals surface area contributed by atoms with Crippen molar-refractivity contribution in [1.82, 2.24) is 10.6 Å². The van der Waals surface area contributed by atoms with E-state index in [-0.39, 0.29) is 22.8 Å². The fourth-order valence-electron chi connectivity index (χ4n) is 3.56. The van der Waals surface area contributed by atoms with Crippen LogP contribution in [0.15, 0.2) is 18.2 Å². The molecule has 1 saturated heterocycles. The van der Waals surface area contributed by atoms with Gasteiger partial charge in [0.15, 0.2) is 0 Å². The van der Waals surface area contributed by atoms with Gasteiger partial charge in [-0.05, 0) is 43.9 Å². The zero-order chi connectivity index (χ0) is 21.2. The molecule has 10 heteroatoms. The van der Waals surface area contributed by atoms with E-state index in [1.165, 1.54) is 32.4 Å². The monoisotopic (exact) mass is 404 g/mol. The van der Waals surface area contributed by atoms with Gasteiger partial charge in [-0.3, -0.25) is 14.9 Å². The maximum Gasteiger partial charge on any atom is 0.338 e. The minimum Gasteiger partial charge on any atom is -0.465 e. The highest BCUT2D eigenvalue weighted by atomic mass is 16.5. The number of carbonyl (C=O) groups is 5. The minimum atomic E-state index is -0.975. The topological polar surface area (TPSA) is 137 Å². The first-order valence-electron chi connectivity index (χ1n) is 8.95. The number of rotatable bonds is 4. The predicted molar refractivity (Wildman–Crippen MR) is 96.1 cm³/mol. The van der Waals surface area contributed by atoms with Crippen molar-refractivity contribution in [2.45, 2.75) is 31.2 Å². The smallest absolute Gasteiger partial charge is 0.338 e. The van der Waals surface area contributed by atoms with Crippen LogP contribution in [-0.2, 0) is 19.1 Å². The summed E-state index contributed by atoms with van der Waals surface area (Å²) >= 11 is 0. The Hall–Kier alpha value is -3.43. The van der Waals surface area contributed by atoms with Gasteiger partial charge in [0.2, 0.25) is 0 Å². The Morgan fingerprint density at radius 3 is 1.97 bits per heavy atom. The second-order valence-electron chi connectivity index (χ2n) is 6.91. The van der Waals surface area contributed by atoms with Crippen molar-refractivity contribution in [2.24, 2.45) is 5.92 Å². The molecule has 0 radical (unpaired) electrons. The van der Waals surface area contributed by atoms with Gasteiger partial charge in [-0.15, -0.1) is 0 Å². The third kappa shape index (κ3) is 4.05. The number of nitrogens with one attached hydrogen (secondary N) is 2. The number of urea groups is 1. The highest BCUT2D eigenvalue weighted by molar-refractivity contribution is 6.07. The summed E-state index contributed by atoms with van der Waals surface area (Å²) in [7, 11) is 2.38. The van der Waals surface area contributed by atoms with Crippen molar-refractivity contribution in [3.05, 3.63) is 29.3 Å². The Morgan fingerprint density at radius 1 is 0.966 bits per heavy atom. The summed E-state index contributed by atoms with van der Waals surface area (Å²) in [6, 6.07) is 3.34. The van der Waals surface area contributed by atoms with Crippen molar-refractivity contribution in [3.8, 4) is 5.75 Å². The summed E-state index contributed by atoms with van der Waals surface area (Å²) in [6.45, 7) is 0. The average molecular weight is 404 g/mol. The molecule has 1 aromatic rings. The summed E-state index contributed by atoms with van der Waals surface area (Å²) < 4.78 is 14.7. The molecule has 0 bridgehead atoms. The zero-order valence-electron chi connectivity index (χ0n) is 15.9. The van der Waals surface area contributed by atoms with Crippen LogP contribution in [0.25, 0.3) is 0 Å². The Morgan fingerprint density at radius 2 is 1.52 bits per heavy atom. The molecule has 1 aliphatic carbocycles. The summed E-state index contributed by atoms with van der Waals surface area (Å²) in [5, 5.41) is 4.84. The van der Waals surface area contributed by atoms with Crippen LogP contribution < -0.4 is 15.4 Å². The zero-order valence-corrected chi connectivity index (χ0v) is 15.9. The van der Waals surface area contributed by atoms with Crippen LogP contribution in [0.2, 0.25) is 0 Å². The summed E-state index contributed by atoms with van der Waals surface area (Å²) in [5.41, 5.74) is -0.909. The molecule has 1 aromatic carbocycles. The number of imide groups is 1. The van der Waals surface area contributed by atoms with Crippen LogP contribution in [-0.4, -0.2) is 49.6 Å². The van der Waals surface area contributed by atoms with Gasteiger partial charge in [-0.1, -0.05) is 0 Å². The van der Waals surface area contributed by atoms with Crippen LogP contribution in [0.5, 0.6) is 5.75 Å². The van der Waals surface area contributed by atoms with Crippen LogP contribution in [0.3, 0.4) is 0 Å². The van der Waals surface area contributed by atoms with Crippen molar-refractivity contribution >= 4 is 29.8 Å². The molecule has 1 saturated carbocycles. The van der Waals surface area contributed by atoms with E-state index < -0.39 is 35.4 Å². The molecule has 1 spiro atoms. The fraction of sp³-hybridized carbons (Fsp3) is 0.421. The van der Waals surface area contributed by atoms with Gasteiger partial charge >= 0.3 is 23.9 Å². The Kier molecular flexibility index (Phi) is 5.53. The lowest BCUT2D eigenvalue weighted by atomic mass is 9.76. The first-order valence-corrected chi connectivity index (χ1v) is 8.95. The van der Waals surface area contributed by atoms with Gasteiger partial charge in [0.25, 0.3) is 5.91 Å². The summed E-state index contributed by atoms with van der Waals surface area (Å²) in [4.78, 5) is 59.6. The third-order valence-electron chi connectivity index (χ3n) is 5.15. The maximum atomic E-state index is 12.6. The summed E-state index contributed by atoms with van der Waals surface area (Å²) in [6.07, 6.45) is 1.29. The van der Waals surface area contributed by atoms with Gasteiger partial charge < -0.3 is 19.5 Å². The number of carbonyl (C=O) groups excluding carboxylic acids is 5. The molecule has 2 fully saturated rings. The first kappa shape index (κ1) is 20.3. The molecule has 0 unspecified atom stereocenters. The molecule has 2 N–H and O–H groups in total. The van der Waals surface area contributed by atoms with Crippen LogP contribution in [0.4, 0.5) is 4.79 Å². The average Bonchev–Trinajstić information content (AvgIpc) is 2.99. The van der Waals surface area contributed by atoms with E-state index in [0.29, 0.717) is 25.7 Å². The van der Waals surface area contributed by atoms with Crippen LogP contribution in [0, 0.1) is 5.92 Å². The van der Waals surface area contributed by atoms with E-state index in [9.17, 15) is 24.0 Å². The quantitative estimate of drug-likeness (QED) is 0.430. The SMILES string of the molecule is COC(=O)c1cc(OC(=O)C2CCC3(CC2)NC(=O)NC3=O)cc(C(=O)OC)c1.